The fourth-order valence-corrected chi connectivity index (χ4v) is 3.20. The van der Waals surface area contributed by atoms with Crippen molar-refractivity contribution in [2.24, 2.45) is 0 Å². The van der Waals surface area contributed by atoms with Gasteiger partial charge >= 0.3 is 0 Å². The van der Waals surface area contributed by atoms with Gasteiger partial charge in [-0.3, -0.25) is 9.59 Å². The molecule has 3 aromatic rings. The summed E-state index contributed by atoms with van der Waals surface area (Å²) >= 11 is 6.00. The molecule has 0 aliphatic rings. The standard InChI is InChI=1S/C23H20ClFN2O2/c1-27(15-16-8-3-2-4-9-16)23(29)17-10-5-6-13-21(17)26-22(28)14-18-19(24)11-7-12-20(18)25/h2-13H,14-15H2,1H3,(H,26,28). The first-order valence-electron chi connectivity index (χ1n) is 9.07. The van der Waals surface area contributed by atoms with Gasteiger partial charge in [0.15, 0.2) is 0 Å². The normalized spacial score (nSPS) is 10.4. The first kappa shape index (κ1) is 20.6. The smallest absolute Gasteiger partial charge is 0.256 e. The topological polar surface area (TPSA) is 49.4 Å². The van der Waals surface area contributed by atoms with Crippen LogP contribution in [0.2, 0.25) is 5.02 Å². The number of benzene rings is 3. The minimum absolute atomic E-state index is 0.122. The van der Waals surface area contributed by atoms with Crippen LogP contribution >= 0.6 is 11.6 Å². The number of anilines is 1. The summed E-state index contributed by atoms with van der Waals surface area (Å²) in [6, 6.07) is 20.6. The molecule has 0 aromatic heterocycles. The van der Waals surface area contributed by atoms with Crippen molar-refractivity contribution in [1.29, 1.82) is 0 Å². The fourth-order valence-electron chi connectivity index (χ4n) is 2.97. The van der Waals surface area contributed by atoms with Gasteiger partial charge in [0.1, 0.15) is 5.82 Å². The van der Waals surface area contributed by atoms with Crippen molar-refractivity contribution in [3.63, 3.8) is 0 Å². The maximum Gasteiger partial charge on any atom is 0.256 e. The minimum atomic E-state index is -0.542. The van der Waals surface area contributed by atoms with Crippen LogP contribution in [-0.2, 0) is 17.8 Å². The van der Waals surface area contributed by atoms with Crippen LogP contribution in [0.4, 0.5) is 10.1 Å². The van der Waals surface area contributed by atoms with E-state index in [0.29, 0.717) is 17.8 Å². The number of para-hydroxylation sites is 1. The Morgan fingerprint density at radius 2 is 1.66 bits per heavy atom. The maximum absolute atomic E-state index is 13.9. The van der Waals surface area contributed by atoms with Crippen molar-refractivity contribution in [3.8, 4) is 0 Å². The molecule has 4 nitrogen and oxygen atoms in total. The van der Waals surface area contributed by atoms with Crippen LogP contribution in [0.25, 0.3) is 0 Å². The zero-order valence-electron chi connectivity index (χ0n) is 15.9. The van der Waals surface area contributed by atoms with Gasteiger partial charge in [0.25, 0.3) is 5.91 Å². The zero-order chi connectivity index (χ0) is 20.8. The summed E-state index contributed by atoms with van der Waals surface area (Å²) in [7, 11) is 1.70. The lowest BCUT2D eigenvalue weighted by atomic mass is 10.1. The van der Waals surface area contributed by atoms with Crippen molar-refractivity contribution in [1.82, 2.24) is 4.90 Å². The summed E-state index contributed by atoms with van der Waals surface area (Å²) in [6.45, 7) is 0.437. The van der Waals surface area contributed by atoms with Gasteiger partial charge in [-0.25, -0.2) is 4.39 Å². The lowest BCUT2D eigenvalue weighted by Gasteiger charge is -2.19. The molecule has 0 bridgehead atoms. The monoisotopic (exact) mass is 410 g/mol. The predicted molar refractivity (Wildman–Crippen MR) is 112 cm³/mol. The summed E-state index contributed by atoms with van der Waals surface area (Å²) in [5.74, 6) is -1.23. The Balaban J connectivity index is 1.74. The van der Waals surface area contributed by atoms with E-state index in [4.69, 9.17) is 11.6 Å². The Morgan fingerprint density at radius 3 is 2.38 bits per heavy atom. The number of nitrogens with zero attached hydrogens (tertiary/aromatic N) is 1. The number of carbonyl (C=O) groups excluding carboxylic acids is 2. The molecule has 0 aliphatic heterocycles. The third kappa shape index (κ3) is 5.21. The average Bonchev–Trinajstić information content (AvgIpc) is 2.71. The number of halogens is 2. The molecule has 0 spiro atoms. The molecular formula is C23H20ClFN2O2. The van der Waals surface area contributed by atoms with Crippen molar-refractivity contribution in [3.05, 3.63) is 100 Å². The number of amides is 2. The highest BCUT2D eigenvalue weighted by molar-refractivity contribution is 6.31. The fraction of sp³-hybridized carbons (Fsp3) is 0.130. The third-order valence-electron chi connectivity index (χ3n) is 4.44. The van der Waals surface area contributed by atoms with E-state index in [1.165, 1.54) is 18.2 Å². The molecule has 0 heterocycles. The first-order chi connectivity index (χ1) is 14.0. The summed E-state index contributed by atoms with van der Waals surface area (Å²) < 4.78 is 13.9. The number of carbonyl (C=O) groups is 2. The van der Waals surface area contributed by atoms with E-state index in [1.807, 2.05) is 30.3 Å². The second kappa shape index (κ2) is 9.34. The molecule has 1 N–H and O–H groups in total. The highest BCUT2D eigenvalue weighted by Gasteiger charge is 2.18. The molecule has 0 saturated carbocycles. The van der Waals surface area contributed by atoms with Gasteiger partial charge in [-0.1, -0.05) is 60.1 Å². The van der Waals surface area contributed by atoms with E-state index < -0.39 is 11.7 Å². The molecule has 2 amide bonds. The van der Waals surface area contributed by atoms with Crippen molar-refractivity contribution >= 4 is 29.1 Å². The van der Waals surface area contributed by atoms with Crippen LogP contribution in [0, 0.1) is 5.82 Å². The lowest BCUT2D eigenvalue weighted by molar-refractivity contribution is -0.115. The Kier molecular flexibility index (Phi) is 6.62. The molecule has 6 heteroatoms. The predicted octanol–water partition coefficient (Wildman–Crippen LogP) is 4.93. The van der Waals surface area contributed by atoms with Crippen LogP contribution in [0.5, 0.6) is 0 Å². The Hall–Kier alpha value is -3.18. The first-order valence-corrected chi connectivity index (χ1v) is 9.44. The molecular weight excluding hydrogens is 391 g/mol. The van der Waals surface area contributed by atoms with Crippen molar-refractivity contribution in [2.45, 2.75) is 13.0 Å². The molecule has 0 saturated heterocycles. The van der Waals surface area contributed by atoms with Gasteiger partial charge < -0.3 is 10.2 Å². The zero-order valence-corrected chi connectivity index (χ0v) is 16.6. The third-order valence-corrected chi connectivity index (χ3v) is 4.79. The maximum atomic E-state index is 13.9. The lowest BCUT2D eigenvalue weighted by Crippen LogP contribution is -2.27. The highest BCUT2D eigenvalue weighted by atomic mass is 35.5. The van der Waals surface area contributed by atoms with Crippen molar-refractivity contribution < 1.29 is 14.0 Å². The largest absolute Gasteiger partial charge is 0.337 e. The van der Waals surface area contributed by atoms with E-state index in [1.54, 1.807) is 36.2 Å². The Labute approximate surface area is 173 Å². The molecule has 3 rings (SSSR count). The number of rotatable bonds is 6. The van der Waals surface area contributed by atoms with E-state index in [2.05, 4.69) is 5.32 Å². The molecule has 0 aliphatic carbocycles. The van der Waals surface area contributed by atoms with Crippen LogP contribution in [-0.4, -0.2) is 23.8 Å². The molecule has 148 valence electrons. The SMILES string of the molecule is CN(Cc1ccccc1)C(=O)c1ccccc1NC(=O)Cc1c(F)cccc1Cl. The van der Waals surface area contributed by atoms with Gasteiger partial charge in [0.05, 0.1) is 17.7 Å². The van der Waals surface area contributed by atoms with Crippen LogP contribution in [0.1, 0.15) is 21.5 Å². The van der Waals surface area contributed by atoms with E-state index >= 15 is 0 Å². The molecule has 3 aromatic carbocycles. The highest BCUT2D eigenvalue weighted by Crippen LogP contribution is 2.22. The molecule has 29 heavy (non-hydrogen) atoms. The van der Waals surface area contributed by atoms with Gasteiger partial charge in [-0.2, -0.15) is 0 Å². The second-order valence-electron chi connectivity index (χ2n) is 6.62. The van der Waals surface area contributed by atoms with Crippen molar-refractivity contribution in [2.75, 3.05) is 12.4 Å². The van der Waals surface area contributed by atoms with E-state index in [-0.39, 0.29) is 22.9 Å². The van der Waals surface area contributed by atoms with Crippen LogP contribution in [0.3, 0.4) is 0 Å². The molecule has 0 radical (unpaired) electrons. The Morgan fingerprint density at radius 1 is 0.966 bits per heavy atom. The molecule has 0 unspecified atom stereocenters. The second-order valence-corrected chi connectivity index (χ2v) is 7.02. The minimum Gasteiger partial charge on any atom is -0.337 e. The summed E-state index contributed by atoms with van der Waals surface area (Å²) in [5.41, 5.74) is 1.85. The van der Waals surface area contributed by atoms with Crippen LogP contribution in [0.15, 0.2) is 72.8 Å². The van der Waals surface area contributed by atoms with Crippen LogP contribution < -0.4 is 5.32 Å². The summed E-state index contributed by atoms with van der Waals surface area (Å²) in [4.78, 5) is 26.9. The summed E-state index contributed by atoms with van der Waals surface area (Å²) in [5, 5.41) is 2.89. The van der Waals surface area contributed by atoms with Gasteiger partial charge in [-0.05, 0) is 29.8 Å². The quantitative estimate of drug-likeness (QED) is 0.626. The Bertz CT molecular complexity index is 1000. The van der Waals surface area contributed by atoms with Gasteiger partial charge in [-0.15, -0.1) is 0 Å². The van der Waals surface area contributed by atoms with E-state index in [9.17, 15) is 14.0 Å². The number of hydrogen-bond donors (Lipinski definition) is 1. The average molecular weight is 411 g/mol. The number of nitrogens with one attached hydrogen (secondary N) is 1. The van der Waals surface area contributed by atoms with Gasteiger partial charge in [0, 0.05) is 24.2 Å². The van der Waals surface area contributed by atoms with E-state index in [0.717, 1.165) is 5.56 Å². The van der Waals surface area contributed by atoms with Gasteiger partial charge in [0.2, 0.25) is 5.91 Å². The number of hydrogen-bond acceptors (Lipinski definition) is 2. The molecule has 0 atom stereocenters. The summed E-state index contributed by atoms with van der Waals surface area (Å²) in [6.07, 6.45) is -0.228. The molecule has 0 fully saturated rings.